The highest BCUT2D eigenvalue weighted by Gasteiger charge is 2.32. The van der Waals surface area contributed by atoms with Crippen LogP contribution in [0.5, 0.6) is 5.75 Å². The average Bonchev–Trinajstić information content (AvgIpc) is 2.32. The van der Waals surface area contributed by atoms with Gasteiger partial charge in [-0.25, -0.2) is 4.79 Å². The summed E-state index contributed by atoms with van der Waals surface area (Å²) in [4.78, 5) is 12.7. The molecule has 0 spiro atoms. The van der Waals surface area contributed by atoms with E-state index in [4.69, 9.17) is 4.74 Å². The molecule has 7 heteroatoms. The average molecular weight is 274 g/mol. The fraction of sp³-hybridized carbons (Fsp3) is 0.417. The Bertz CT molecular complexity index is 453. The number of ether oxygens (including phenoxy) is 1. The summed E-state index contributed by atoms with van der Waals surface area (Å²) in [7, 11) is 1.53. The third-order valence-electron chi connectivity index (χ3n) is 2.83. The van der Waals surface area contributed by atoms with Crippen LogP contribution < -0.4 is 10.1 Å². The van der Waals surface area contributed by atoms with Crippen molar-refractivity contribution in [3.63, 3.8) is 0 Å². The van der Waals surface area contributed by atoms with Gasteiger partial charge in [0.1, 0.15) is 11.9 Å². The van der Waals surface area contributed by atoms with Crippen LogP contribution >= 0.6 is 0 Å². The number of carbonyl (C=O) groups is 1. The first-order chi connectivity index (χ1) is 8.90. The molecule has 0 unspecified atom stereocenters. The molecule has 2 rings (SSSR count). The van der Waals surface area contributed by atoms with Crippen LogP contribution in [0.1, 0.15) is 5.56 Å². The number of carbonyl (C=O) groups excluding carboxylic acids is 1. The topological polar surface area (TPSA) is 41.6 Å². The van der Waals surface area contributed by atoms with Crippen molar-refractivity contribution in [1.29, 1.82) is 0 Å². The molecule has 1 N–H and O–H groups in total. The molecular formula is C12H13F3N2O2. The van der Waals surface area contributed by atoms with E-state index in [1.807, 2.05) is 0 Å². The summed E-state index contributed by atoms with van der Waals surface area (Å²) in [5.41, 5.74) is -0.708. The van der Waals surface area contributed by atoms with Crippen molar-refractivity contribution < 1.29 is 22.7 Å². The standard InChI is InChI=1S/C12H13F3N2O2/c1-16-11(18)17-6-10(7-17)19-9-4-2-8(3-5-9)12(13,14)15/h2-5,10H,6-7H2,1H3,(H,16,18). The van der Waals surface area contributed by atoms with Gasteiger partial charge in [-0.2, -0.15) is 13.2 Å². The Morgan fingerprint density at radius 2 is 1.89 bits per heavy atom. The monoisotopic (exact) mass is 274 g/mol. The van der Waals surface area contributed by atoms with Gasteiger partial charge >= 0.3 is 12.2 Å². The number of urea groups is 1. The second-order valence-electron chi connectivity index (χ2n) is 4.22. The lowest BCUT2D eigenvalue weighted by Crippen LogP contribution is -2.58. The van der Waals surface area contributed by atoms with E-state index < -0.39 is 11.7 Å². The number of benzene rings is 1. The van der Waals surface area contributed by atoms with Crippen molar-refractivity contribution in [2.24, 2.45) is 0 Å². The first-order valence-corrected chi connectivity index (χ1v) is 5.70. The molecule has 1 saturated heterocycles. The summed E-state index contributed by atoms with van der Waals surface area (Å²) in [5.74, 6) is 0.370. The van der Waals surface area contributed by atoms with E-state index in [0.717, 1.165) is 12.1 Å². The van der Waals surface area contributed by atoms with Gasteiger partial charge in [-0.1, -0.05) is 0 Å². The van der Waals surface area contributed by atoms with E-state index in [-0.39, 0.29) is 12.1 Å². The second kappa shape index (κ2) is 4.99. The van der Waals surface area contributed by atoms with Crippen LogP contribution in [0.3, 0.4) is 0 Å². The number of rotatable bonds is 2. The number of halogens is 3. The summed E-state index contributed by atoms with van der Waals surface area (Å²) in [5, 5.41) is 2.48. The van der Waals surface area contributed by atoms with Crippen LogP contribution in [0.2, 0.25) is 0 Å². The van der Waals surface area contributed by atoms with E-state index in [9.17, 15) is 18.0 Å². The Morgan fingerprint density at radius 3 is 2.37 bits per heavy atom. The van der Waals surface area contributed by atoms with Gasteiger partial charge < -0.3 is 15.0 Å². The molecule has 19 heavy (non-hydrogen) atoms. The van der Waals surface area contributed by atoms with Gasteiger partial charge in [-0.05, 0) is 24.3 Å². The number of amides is 2. The Morgan fingerprint density at radius 1 is 1.32 bits per heavy atom. The molecule has 1 fully saturated rings. The van der Waals surface area contributed by atoms with E-state index in [2.05, 4.69) is 5.32 Å². The second-order valence-corrected chi connectivity index (χ2v) is 4.22. The lowest BCUT2D eigenvalue weighted by molar-refractivity contribution is -0.137. The van der Waals surface area contributed by atoms with Crippen LogP contribution in [-0.2, 0) is 6.18 Å². The highest BCUT2D eigenvalue weighted by molar-refractivity contribution is 5.74. The highest BCUT2D eigenvalue weighted by Crippen LogP contribution is 2.30. The number of likely N-dealkylation sites (tertiary alicyclic amines) is 1. The van der Waals surface area contributed by atoms with Crippen LogP contribution in [-0.4, -0.2) is 37.2 Å². The molecule has 0 aromatic heterocycles. The predicted molar refractivity (Wildman–Crippen MR) is 61.9 cm³/mol. The van der Waals surface area contributed by atoms with Crippen LogP contribution in [0.4, 0.5) is 18.0 Å². The molecule has 0 saturated carbocycles. The minimum atomic E-state index is -4.34. The maximum atomic E-state index is 12.3. The summed E-state index contributed by atoms with van der Waals surface area (Å²) >= 11 is 0. The third-order valence-corrected chi connectivity index (χ3v) is 2.83. The zero-order chi connectivity index (χ0) is 14.0. The predicted octanol–water partition coefficient (Wildman–Crippen LogP) is 2.11. The smallest absolute Gasteiger partial charge is 0.416 e. The fourth-order valence-corrected chi connectivity index (χ4v) is 1.75. The van der Waals surface area contributed by atoms with E-state index in [0.29, 0.717) is 18.8 Å². The van der Waals surface area contributed by atoms with Crippen LogP contribution in [0.25, 0.3) is 0 Å². The van der Waals surface area contributed by atoms with Crippen molar-refractivity contribution in [3.8, 4) is 5.75 Å². The molecule has 104 valence electrons. The number of nitrogens with zero attached hydrogens (tertiary/aromatic N) is 1. The van der Waals surface area contributed by atoms with Gasteiger partial charge in [-0.3, -0.25) is 0 Å². The minimum absolute atomic E-state index is 0.172. The molecule has 1 aliphatic rings. The first-order valence-electron chi connectivity index (χ1n) is 5.70. The van der Waals surface area contributed by atoms with Crippen molar-refractivity contribution in [2.45, 2.75) is 12.3 Å². The van der Waals surface area contributed by atoms with Gasteiger partial charge in [0.25, 0.3) is 0 Å². The van der Waals surface area contributed by atoms with Gasteiger partial charge in [0.05, 0.1) is 18.7 Å². The Hall–Kier alpha value is -1.92. The van der Waals surface area contributed by atoms with E-state index in [1.54, 1.807) is 4.90 Å². The molecule has 0 aliphatic carbocycles. The molecule has 0 atom stereocenters. The number of hydrogen-bond donors (Lipinski definition) is 1. The molecule has 1 heterocycles. The van der Waals surface area contributed by atoms with Gasteiger partial charge in [0.15, 0.2) is 0 Å². The SMILES string of the molecule is CNC(=O)N1CC(Oc2ccc(C(F)(F)F)cc2)C1. The molecule has 1 aromatic rings. The van der Waals surface area contributed by atoms with Crippen LogP contribution in [0.15, 0.2) is 24.3 Å². The molecule has 1 aliphatic heterocycles. The quantitative estimate of drug-likeness (QED) is 0.897. The Labute approximate surface area is 108 Å². The minimum Gasteiger partial charge on any atom is -0.487 e. The molecule has 0 radical (unpaired) electrons. The molecule has 0 bridgehead atoms. The Kier molecular flexibility index (Phi) is 3.55. The molecule has 2 amide bonds. The normalized spacial score (nSPS) is 15.9. The number of nitrogens with one attached hydrogen (secondary N) is 1. The van der Waals surface area contributed by atoms with Crippen molar-refractivity contribution in [3.05, 3.63) is 29.8 Å². The molecule has 4 nitrogen and oxygen atoms in total. The highest BCUT2D eigenvalue weighted by atomic mass is 19.4. The van der Waals surface area contributed by atoms with Crippen molar-refractivity contribution >= 4 is 6.03 Å². The van der Waals surface area contributed by atoms with Gasteiger partial charge in [-0.15, -0.1) is 0 Å². The first kappa shape index (κ1) is 13.5. The lowest BCUT2D eigenvalue weighted by atomic mass is 10.1. The van der Waals surface area contributed by atoms with Crippen LogP contribution in [0, 0.1) is 0 Å². The maximum absolute atomic E-state index is 12.3. The van der Waals surface area contributed by atoms with Crippen molar-refractivity contribution in [2.75, 3.05) is 20.1 Å². The Balaban J connectivity index is 1.87. The zero-order valence-electron chi connectivity index (χ0n) is 10.2. The van der Waals surface area contributed by atoms with E-state index >= 15 is 0 Å². The number of hydrogen-bond acceptors (Lipinski definition) is 2. The summed E-state index contributed by atoms with van der Waals surface area (Å²) in [6.45, 7) is 0.862. The fourth-order valence-electron chi connectivity index (χ4n) is 1.75. The number of alkyl halides is 3. The van der Waals surface area contributed by atoms with Crippen molar-refractivity contribution in [1.82, 2.24) is 10.2 Å². The lowest BCUT2D eigenvalue weighted by Gasteiger charge is -2.38. The zero-order valence-corrected chi connectivity index (χ0v) is 10.2. The third kappa shape index (κ3) is 3.10. The maximum Gasteiger partial charge on any atom is 0.416 e. The van der Waals surface area contributed by atoms with E-state index in [1.165, 1.54) is 19.2 Å². The summed E-state index contributed by atoms with van der Waals surface area (Å²) in [6, 6.07) is 4.33. The van der Waals surface area contributed by atoms with Gasteiger partial charge in [0, 0.05) is 7.05 Å². The summed E-state index contributed by atoms with van der Waals surface area (Å²) in [6.07, 6.45) is -4.51. The van der Waals surface area contributed by atoms with Gasteiger partial charge in [0.2, 0.25) is 0 Å². The largest absolute Gasteiger partial charge is 0.487 e. The molecular weight excluding hydrogens is 261 g/mol. The molecule has 1 aromatic carbocycles. The summed E-state index contributed by atoms with van der Waals surface area (Å²) < 4.78 is 42.5.